The molecule has 0 saturated carbocycles. The van der Waals surface area contributed by atoms with E-state index < -0.39 is 16.9 Å². The first-order valence-corrected chi connectivity index (χ1v) is 12.9. The molecule has 1 aromatic carbocycles. The molecule has 0 aromatic heterocycles. The molecule has 0 N–H and O–H groups in total. The Morgan fingerprint density at radius 2 is 1.23 bits per heavy atom. The molecule has 0 aliphatic heterocycles. The highest BCUT2D eigenvalue weighted by Crippen LogP contribution is 2.21. The van der Waals surface area contributed by atoms with Crippen molar-refractivity contribution >= 4 is 22.1 Å². The van der Waals surface area contributed by atoms with Gasteiger partial charge in [0.2, 0.25) is 0 Å². The van der Waals surface area contributed by atoms with Crippen molar-refractivity contribution in [2.75, 3.05) is 21.3 Å². The summed E-state index contributed by atoms with van der Waals surface area (Å²) in [5, 5.41) is 1.59. The Bertz CT molecular complexity index is 410. The molecule has 0 spiro atoms. The summed E-state index contributed by atoms with van der Waals surface area (Å²) in [6.07, 6.45) is 0.932. The van der Waals surface area contributed by atoms with Gasteiger partial charge in [-0.2, -0.15) is 0 Å². The Labute approximate surface area is 138 Å². The zero-order valence-electron chi connectivity index (χ0n) is 15.1. The third kappa shape index (κ3) is 4.29. The van der Waals surface area contributed by atoms with Crippen LogP contribution >= 0.6 is 0 Å². The van der Waals surface area contributed by atoms with Crippen molar-refractivity contribution < 1.29 is 13.3 Å². The van der Waals surface area contributed by atoms with Crippen LogP contribution in [-0.4, -0.2) is 38.2 Å². The molecule has 5 heteroatoms. The standard InChI is InChI=1S/C17H32O3Si2/c1-7-21(8-2,9-3)17-12-10-16(11-13-17)14-15-22(18-4,19-5)20-6/h10-13H,7-9,14-15H2,1-6H3. The SMILES string of the molecule is CC[Si](CC)(CC)c1ccc(CC[Si](OC)(OC)OC)cc1. The summed E-state index contributed by atoms with van der Waals surface area (Å²) < 4.78 is 16.5. The van der Waals surface area contributed by atoms with E-state index in [0.29, 0.717) is 0 Å². The molecule has 0 aliphatic carbocycles. The Morgan fingerprint density at radius 3 is 1.59 bits per heavy atom. The lowest BCUT2D eigenvalue weighted by Crippen LogP contribution is -2.45. The number of rotatable bonds is 10. The predicted octanol–water partition coefficient (Wildman–Crippen LogP) is 3.82. The van der Waals surface area contributed by atoms with Crippen molar-refractivity contribution in [2.24, 2.45) is 0 Å². The van der Waals surface area contributed by atoms with Gasteiger partial charge in [0.05, 0.1) is 8.07 Å². The smallest absolute Gasteiger partial charge is 0.377 e. The molecule has 1 rings (SSSR count). The van der Waals surface area contributed by atoms with Crippen LogP contribution < -0.4 is 5.19 Å². The van der Waals surface area contributed by atoms with Gasteiger partial charge in [-0.25, -0.2) is 0 Å². The average molecular weight is 341 g/mol. The zero-order chi connectivity index (χ0) is 16.6. The Hall–Kier alpha value is -0.466. The summed E-state index contributed by atoms with van der Waals surface area (Å²) in [5.41, 5.74) is 1.33. The molecular weight excluding hydrogens is 308 g/mol. The van der Waals surface area contributed by atoms with Crippen LogP contribution in [0.2, 0.25) is 24.2 Å². The minimum absolute atomic E-state index is 0.813. The molecule has 0 fully saturated rings. The first kappa shape index (κ1) is 19.6. The Balaban J connectivity index is 2.81. The summed E-state index contributed by atoms with van der Waals surface area (Å²) >= 11 is 0. The second kappa shape index (κ2) is 8.98. The van der Waals surface area contributed by atoms with E-state index in [1.165, 1.54) is 23.7 Å². The quantitative estimate of drug-likeness (QED) is 0.606. The van der Waals surface area contributed by atoms with Gasteiger partial charge >= 0.3 is 8.80 Å². The first-order valence-electron chi connectivity index (χ1n) is 8.30. The van der Waals surface area contributed by atoms with Crippen LogP contribution in [0.1, 0.15) is 26.3 Å². The van der Waals surface area contributed by atoms with E-state index in [9.17, 15) is 0 Å². The van der Waals surface area contributed by atoms with Gasteiger partial charge in [-0.3, -0.25) is 0 Å². The van der Waals surface area contributed by atoms with Gasteiger partial charge in [0.1, 0.15) is 0 Å². The highest BCUT2D eigenvalue weighted by atomic mass is 28.4. The van der Waals surface area contributed by atoms with Crippen LogP contribution in [0.3, 0.4) is 0 Å². The third-order valence-electron chi connectivity index (χ3n) is 5.25. The van der Waals surface area contributed by atoms with Crippen molar-refractivity contribution in [1.29, 1.82) is 0 Å². The molecule has 22 heavy (non-hydrogen) atoms. The van der Waals surface area contributed by atoms with Gasteiger partial charge in [-0.1, -0.05) is 68.4 Å². The van der Waals surface area contributed by atoms with E-state index >= 15 is 0 Å². The molecule has 0 radical (unpaired) electrons. The lowest BCUT2D eigenvalue weighted by molar-refractivity contribution is 0.123. The fourth-order valence-corrected chi connectivity index (χ4v) is 8.55. The minimum atomic E-state index is -2.46. The molecule has 0 atom stereocenters. The molecule has 0 bridgehead atoms. The number of hydrogen-bond acceptors (Lipinski definition) is 3. The molecule has 1 aromatic rings. The predicted molar refractivity (Wildman–Crippen MR) is 98.6 cm³/mol. The Kier molecular flexibility index (Phi) is 7.99. The summed E-state index contributed by atoms with van der Waals surface area (Å²) in [6, 6.07) is 14.1. The van der Waals surface area contributed by atoms with Crippen LogP contribution in [0, 0.1) is 0 Å². The second-order valence-corrected chi connectivity index (χ2v) is 14.2. The topological polar surface area (TPSA) is 27.7 Å². The van der Waals surface area contributed by atoms with Crippen LogP contribution in [0.5, 0.6) is 0 Å². The Morgan fingerprint density at radius 1 is 0.773 bits per heavy atom. The molecule has 0 saturated heterocycles. The van der Waals surface area contributed by atoms with Gasteiger partial charge in [-0.15, -0.1) is 0 Å². The van der Waals surface area contributed by atoms with Gasteiger partial charge in [0.25, 0.3) is 0 Å². The van der Waals surface area contributed by atoms with Crippen molar-refractivity contribution in [3.63, 3.8) is 0 Å². The second-order valence-electron chi connectivity index (χ2n) is 5.83. The average Bonchev–Trinajstić information content (AvgIpc) is 2.60. The minimum Gasteiger partial charge on any atom is -0.377 e. The zero-order valence-corrected chi connectivity index (χ0v) is 17.1. The lowest BCUT2D eigenvalue weighted by Gasteiger charge is -2.29. The summed E-state index contributed by atoms with van der Waals surface area (Å²) in [5.74, 6) is 0. The molecule has 0 heterocycles. The van der Waals surface area contributed by atoms with Crippen molar-refractivity contribution in [1.82, 2.24) is 0 Å². The number of hydrogen-bond donors (Lipinski definition) is 0. The van der Waals surface area contributed by atoms with Crippen LogP contribution in [0.4, 0.5) is 0 Å². The molecule has 3 nitrogen and oxygen atoms in total. The molecular formula is C17H32O3Si2. The van der Waals surface area contributed by atoms with E-state index in [4.69, 9.17) is 13.3 Å². The molecule has 126 valence electrons. The van der Waals surface area contributed by atoms with Crippen LogP contribution in [0.15, 0.2) is 24.3 Å². The third-order valence-corrected chi connectivity index (χ3v) is 13.6. The summed E-state index contributed by atoms with van der Waals surface area (Å²) in [6.45, 7) is 7.05. The lowest BCUT2D eigenvalue weighted by atomic mass is 10.2. The molecule has 0 unspecified atom stereocenters. The molecule has 0 amide bonds. The molecule has 0 aliphatic rings. The maximum atomic E-state index is 5.49. The summed E-state index contributed by atoms with van der Waals surface area (Å²) in [7, 11) is 1.29. The van der Waals surface area contributed by atoms with Gasteiger partial charge < -0.3 is 13.3 Å². The maximum Gasteiger partial charge on any atom is 0.500 e. The van der Waals surface area contributed by atoms with Gasteiger partial charge in [-0.05, 0) is 12.0 Å². The monoisotopic (exact) mass is 340 g/mol. The normalized spacial score (nSPS) is 12.6. The number of benzene rings is 1. The van der Waals surface area contributed by atoms with Crippen molar-refractivity contribution in [3.05, 3.63) is 29.8 Å². The largest absolute Gasteiger partial charge is 0.500 e. The van der Waals surface area contributed by atoms with Crippen LogP contribution in [-0.2, 0) is 19.7 Å². The van der Waals surface area contributed by atoms with Gasteiger partial charge in [0.15, 0.2) is 0 Å². The number of aryl methyl sites for hydroxylation is 1. The summed E-state index contributed by atoms with van der Waals surface area (Å²) in [4.78, 5) is 0. The van der Waals surface area contributed by atoms with E-state index in [0.717, 1.165) is 12.5 Å². The van der Waals surface area contributed by atoms with Crippen molar-refractivity contribution in [2.45, 2.75) is 51.4 Å². The maximum absolute atomic E-state index is 5.49. The van der Waals surface area contributed by atoms with E-state index in [2.05, 4.69) is 45.0 Å². The fourth-order valence-electron chi connectivity index (χ4n) is 3.24. The van der Waals surface area contributed by atoms with E-state index in [1.54, 1.807) is 26.5 Å². The van der Waals surface area contributed by atoms with Crippen LogP contribution in [0.25, 0.3) is 0 Å². The van der Waals surface area contributed by atoms with E-state index in [1.807, 2.05) is 0 Å². The van der Waals surface area contributed by atoms with E-state index in [-0.39, 0.29) is 0 Å². The van der Waals surface area contributed by atoms with Crippen molar-refractivity contribution in [3.8, 4) is 0 Å². The fraction of sp³-hybridized carbons (Fsp3) is 0.647. The first-order chi connectivity index (χ1) is 10.5. The highest BCUT2D eigenvalue weighted by molar-refractivity contribution is 6.91. The van der Waals surface area contributed by atoms with Gasteiger partial charge in [0, 0.05) is 27.4 Å². The highest BCUT2D eigenvalue weighted by Gasteiger charge is 2.37.